The van der Waals surface area contributed by atoms with Crippen LogP contribution < -0.4 is 49.1 Å². The minimum absolute atomic E-state index is 0. The molecule has 143 heavy (non-hydrogen) atoms. The SMILES string of the molecule is CC(=O)CN(CCOC(=O)COCC=O)CCOC(=O)COCC(=O)NCCOCCOCCNC(=O)OCCCCCCCCOC(=O)NCCOCCOCCN.CCCOC(=O)CCCOCCOCCNC(=O)COCC(=O)OCCN(CCOC(=O)CNC(=O)OCCC)CC(=O)N1CCSC1=S.CCCOC(=O)NCCOCCOCCNC(=O)COCC(=O)OCCN(CCC)CC(C)=O.N. The maximum atomic E-state index is 12.8. The molecule has 0 aromatic carbocycles. The zero-order chi connectivity index (χ0) is 105. The fraction of sp³-hybridized carbons (Fsp3) is 0.798. The number of ether oxygens (including phenoxy) is 22. The molecule has 0 atom stereocenters. The lowest BCUT2D eigenvalue weighted by Crippen LogP contribution is -2.43. The van der Waals surface area contributed by atoms with Gasteiger partial charge in [-0.1, -0.05) is 77.4 Å². The number of rotatable bonds is 92. The first kappa shape index (κ1) is 138. The molecule has 1 aliphatic rings. The van der Waals surface area contributed by atoms with E-state index in [1.54, 1.807) is 9.80 Å². The van der Waals surface area contributed by atoms with Gasteiger partial charge in [0, 0.05) is 104 Å². The fourth-order valence-electron chi connectivity index (χ4n) is 10.8. The normalized spacial score (nSPS) is 11.3. The number of alkyl carbamates (subject to hydrolysis) is 4. The van der Waals surface area contributed by atoms with Crippen LogP contribution in [0.5, 0.6) is 0 Å². The Labute approximate surface area is 847 Å². The van der Waals surface area contributed by atoms with Gasteiger partial charge in [-0.3, -0.25) is 58.0 Å². The maximum absolute atomic E-state index is 12.8. The quantitative estimate of drug-likeness (QED) is 0.0124. The minimum atomic E-state index is -0.725. The number of nitrogens with two attached hydrogens (primary N) is 1. The molecule has 0 unspecified atom stereocenters. The highest BCUT2D eigenvalue weighted by Crippen LogP contribution is 2.18. The van der Waals surface area contributed by atoms with Gasteiger partial charge in [-0.25, -0.2) is 38.4 Å². The number of nitrogens with one attached hydrogen (secondary N) is 7. The minimum Gasteiger partial charge on any atom is -0.466 e. The second-order valence-electron chi connectivity index (χ2n) is 30.0. The van der Waals surface area contributed by atoms with Gasteiger partial charge in [0.15, 0.2) is 0 Å². The molecule has 1 rings (SSSR count). The molecule has 0 radical (unpaired) electrons. The first-order valence-electron chi connectivity index (χ1n) is 47.8. The molecule has 0 bridgehead atoms. The van der Waals surface area contributed by atoms with Crippen LogP contribution in [0.25, 0.3) is 0 Å². The van der Waals surface area contributed by atoms with Crippen molar-refractivity contribution in [2.45, 2.75) is 119 Å². The number of nitrogens with zero attached hydrogens (tertiary/aromatic N) is 4. The highest BCUT2D eigenvalue weighted by atomic mass is 32.2. The number of esters is 6. The Hall–Kier alpha value is -9.45. The van der Waals surface area contributed by atoms with E-state index in [-0.39, 0.29) is 213 Å². The first-order valence-corrected chi connectivity index (χ1v) is 49.2. The molecule has 0 aromatic rings. The summed E-state index contributed by atoms with van der Waals surface area (Å²) in [7, 11) is 0. The zero-order valence-corrected chi connectivity index (χ0v) is 86.0. The van der Waals surface area contributed by atoms with Crippen molar-refractivity contribution >= 4 is 130 Å². The number of thioether (sulfide) groups is 1. The molecule has 52 nitrogen and oxygen atoms in total. The van der Waals surface area contributed by atoms with Crippen molar-refractivity contribution in [3.05, 3.63) is 0 Å². The fourth-order valence-corrected chi connectivity index (χ4v) is 12.0. The van der Waals surface area contributed by atoms with Crippen molar-refractivity contribution in [1.29, 1.82) is 0 Å². The van der Waals surface area contributed by atoms with E-state index in [0.29, 0.717) is 181 Å². The number of carbonyl (C=O) groups excluding carboxylic acids is 17. The van der Waals surface area contributed by atoms with Crippen LogP contribution in [-0.4, -0.2) is 474 Å². The summed E-state index contributed by atoms with van der Waals surface area (Å²) in [5.74, 6) is -4.40. The number of carbonyl (C=O) groups is 17. The third-order valence-corrected chi connectivity index (χ3v) is 18.8. The Kier molecular flexibility index (Phi) is 98.7. The van der Waals surface area contributed by atoms with Crippen LogP contribution in [0.1, 0.15) is 119 Å². The molecule has 12 N–H and O–H groups in total. The first-order chi connectivity index (χ1) is 68.7. The predicted octanol–water partition coefficient (Wildman–Crippen LogP) is -0.304. The van der Waals surface area contributed by atoms with Gasteiger partial charge in [0.25, 0.3) is 0 Å². The third kappa shape index (κ3) is 98.4. The Bertz CT molecular complexity index is 3400. The molecule has 0 spiro atoms. The number of unbranched alkanes of at least 4 members (excludes halogenated alkanes) is 5. The van der Waals surface area contributed by atoms with Crippen LogP contribution in [0.3, 0.4) is 0 Å². The standard InChI is InChI=1S/C37H67N5O17.C30H50N4O13S2.C22H41N3O9.H3N/c1-32(44)28-42(12-21-56-34(46)30-54-23-14-43)13-22-57-35(47)31-55-29-33(45)39-9-18-51-26-27-53-20-11-41-37(49)59-16-7-5-3-2-4-6-15-58-36(48)40-10-19-52-25-24-50-17-8-38;1-3-11-44-26(37)6-5-13-41-17-18-42-14-7-31-24(35)22-43-23-28(39)46-16-9-33(21-25(36)34-10-19-49-30(34)48)8-15-45-27(38)20-32-29(40)47-12-4-2;1-4-8-25(16-19(3)26)9-13-33-21(28)18-32-17-20(27)23-6-11-30-14-15-31-12-7-24-22(29)34-10-5-2;/h14H,2-13,15-31,38H2,1H3,(H,39,45)(H,40,48)(H,41,49);3-23H2,1-2H3,(H,31,35)(H,32,40);4-18H2,1-3H3,(H,23,27)(H,24,29);1H3. The van der Waals surface area contributed by atoms with Crippen LogP contribution in [0, 0.1) is 0 Å². The van der Waals surface area contributed by atoms with E-state index < -0.39 is 79.2 Å². The van der Waals surface area contributed by atoms with E-state index in [4.69, 9.17) is 122 Å². The largest absolute Gasteiger partial charge is 0.466 e. The maximum Gasteiger partial charge on any atom is 0.407 e. The summed E-state index contributed by atoms with van der Waals surface area (Å²) in [4.78, 5) is 205. The molecule has 0 aromatic heterocycles. The van der Waals surface area contributed by atoms with E-state index in [2.05, 4.69) is 37.2 Å². The highest BCUT2D eigenvalue weighted by molar-refractivity contribution is 8.23. The van der Waals surface area contributed by atoms with E-state index in [9.17, 15) is 81.5 Å². The van der Waals surface area contributed by atoms with E-state index in [1.165, 1.54) is 30.5 Å². The molecule has 1 saturated heterocycles. The van der Waals surface area contributed by atoms with Crippen LogP contribution in [0.4, 0.5) is 19.2 Å². The molecule has 1 aliphatic heterocycles. The van der Waals surface area contributed by atoms with Gasteiger partial charge in [-0.2, -0.15) is 0 Å². The molecule has 828 valence electrons. The Morgan fingerprint density at radius 3 is 0.993 bits per heavy atom. The Balaban J connectivity index is -0.00000212. The summed E-state index contributed by atoms with van der Waals surface area (Å²) in [6.45, 7) is 19.6. The summed E-state index contributed by atoms with van der Waals surface area (Å²) < 4.78 is 114. The number of hydrogen-bond donors (Lipinski definition) is 9. The molecular weight excluding hydrogens is 1940 g/mol. The summed E-state index contributed by atoms with van der Waals surface area (Å²) in [5.41, 5.74) is 5.32. The van der Waals surface area contributed by atoms with Crippen LogP contribution in [-0.2, 0) is 167 Å². The summed E-state index contributed by atoms with van der Waals surface area (Å²) >= 11 is 6.63. The molecule has 0 saturated carbocycles. The van der Waals surface area contributed by atoms with Crippen molar-refractivity contribution in [2.24, 2.45) is 5.73 Å². The van der Waals surface area contributed by atoms with Crippen molar-refractivity contribution in [3.63, 3.8) is 0 Å². The highest BCUT2D eigenvalue weighted by Gasteiger charge is 2.27. The van der Waals surface area contributed by atoms with E-state index >= 15 is 0 Å². The lowest BCUT2D eigenvalue weighted by Gasteiger charge is -2.24. The van der Waals surface area contributed by atoms with Gasteiger partial charge >= 0.3 is 60.2 Å². The third-order valence-electron chi connectivity index (χ3n) is 17.4. The van der Waals surface area contributed by atoms with Crippen molar-refractivity contribution in [2.75, 3.05) is 348 Å². The van der Waals surface area contributed by atoms with Crippen LogP contribution in [0.2, 0.25) is 0 Å². The number of thiocarbonyl (C=S) groups is 1. The molecule has 1 heterocycles. The van der Waals surface area contributed by atoms with E-state index in [1.807, 2.05) is 32.6 Å². The monoisotopic (exact) mass is 2100 g/mol. The Morgan fingerprint density at radius 2 is 0.643 bits per heavy atom. The lowest BCUT2D eigenvalue weighted by molar-refractivity contribution is -0.152. The number of ketones is 2. The predicted molar refractivity (Wildman–Crippen MR) is 518 cm³/mol. The molecule has 54 heteroatoms. The van der Waals surface area contributed by atoms with Crippen LogP contribution >= 0.6 is 24.0 Å². The number of hydrogen-bond acceptors (Lipinski definition) is 46. The molecule has 1 fully saturated rings. The van der Waals surface area contributed by atoms with Crippen molar-refractivity contribution in [3.8, 4) is 0 Å². The Morgan fingerprint density at radius 1 is 0.329 bits per heavy atom. The summed E-state index contributed by atoms with van der Waals surface area (Å²) in [5, 5.41) is 17.9. The van der Waals surface area contributed by atoms with Crippen molar-refractivity contribution < 1.29 is 186 Å². The number of Topliss-reactive ketones (excluding diaryl/α,β-unsaturated/α-hetero) is 2. The van der Waals surface area contributed by atoms with Gasteiger partial charge in [0.05, 0.1) is 152 Å². The zero-order valence-electron chi connectivity index (χ0n) is 84.4. The number of aldehydes is 1. The topological polar surface area (TPSA) is 651 Å². The van der Waals surface area contributed by atoms with Gasteiger partial charge in [0.1, 0.15) is 115 Å². The average molecular weight is 2100 g/mol. The number of amides is 8. The second kappa shape index (κ2) is 103. The second-order valence-corrected chi connectivity index (χ2v) is 31.7. The van der Waals surface area contributed by atoms with E-state index in [0.717, 1.165) is 64.3 Å². The molecule has 0 aliphatic carbocycles. The van der Waals surface area contributed by atoms with Crippen LogP contribution in [0.15, 0.2) is 0 Å². The van der Waals surface area contributed by atoms with Gasteiger partial charge < -0.3 is 158 Å². The van der Waals surface area contributed by atoms with Gasteiger partial charge in [-0.05, 0) is 65.3 Å². The van der Waals surface area contributed by atoms with Crippen molar-refractivity contribution in [1.82, 2.24) is 63.0 Å². The molecular formula is C89H161N13O39S2. The van der Waals surface area contributed by atoms with Gasteiger partial charge in [0.2, 0.25) is 23.6 Å². The smallest absolute Gasteiger partial charge is 0.407 e. The lowest BCUT2D eigenvalue weighted by atomic mass is 10.1. The average Bonchev–Trinajstić information content (AvgIpc) is 1.75. The van der Waals surface area contributed by atoms with Gasteiger partial charge in [-0.15, -0.1) is 0 Å². The molecule has 8 amide bonds. The summed E-state index contributed by atoms with van der Waals surface area (Å²) in [6, 6.07) is 0. The summed E-state index contributed by atoms with van der Waals surface area (Å²) in [6.07, 6.45) is 7.69.